The standard InChI is InChI=1S/C13H21ClN4O/c1-3-18(4-2)9-5-8-16-13(19)12-10(14)6-7-11(15)17-12/h6-7H,3-5,8-9H2,1-2H3,(H2,15,17)(H,16,19). The molecule has 1 aromatic rings. The monoisotopic (exact) mass is 284 g/mol. The quantitative estimate of drug-likeness (QED) is 0.749. The molecule has 5 nitrogen and oxygen atoms in total. The molecule has 0 aliphatic carbocycles. The van der Waals surface area contributed by atoms with E-state index in [1.54, 1.807) is 12.1 Å². The summed E-state index contributed by atoms with van der Waals surface area (Å²) >= 11 is 5.91. The van der Waals surface area contributed by atoms with E-state index in [0.717, 1.165) is 26.1 Å². The van der Waals surface area contributed by atoms with Crippen molar-refractivity contribution in [3.63, 3.8) is 0 Å². The Bertz CT molecular complexity index is 421. The fraction of sp³-hybridized carbons (Fsp3) is 0.538. The van der Waals surface area contributed by atoms with Crippen LogP contribution in [0.15, 0.2) is 12.1 Å². The van der Waals surface area contributed by atoms with Gasteiger partial charge in [-0.05, 0) is 38.2 Å². The summed E-state index contributed by atoms with van der Waals surface area (Å²) in [4.78, 5) is 18.1. The molecule has 1 aromatic heterocycles. The lowest BCUT2D eigenvalue weighted by Crippen LogP contribution is -2.30. The summed E-state index contributed by atoms with van der Waals surface area (Å²) in [5.74, 6) is 0.00883. The maximum Gasteiger partial charge on any atom is 0.271 e. The molecule has 0 radical (unpaired) electrons. The van der Waals surface area contributed by atoms with Gasteiger partial charge in [0.15, 0.2) is 0 Å². The molecule has 0 saturated carbocycles. The van der Waals surface area contributed by atoms with Crippen molar-refractivity contribution in [1.29, 1.82) is 0 Å². The van der Waals surface area contributed by atoms with Gasteiger partial charge in [-0.2, -0.15) is 0 Å². The van der Waals surface area contributed by atoms with Gasteiger partial charge in [-0.1, -0.05) is 25.4 Å². The number of aromatic nitrogens is 1. The van der Waals surface area contributed by atoms with E-state index < -0.39 is 0 Å². The Morgan fingerprint density at radius 1 is 1.42 bits per heavy atom. The Balaban J connectivity index is 2.41. The fourth-order valence-corrected chi connectivity index (χ4v) is 1.94. The number of nitrogens with two attached hydrogens (primary N) is 1. The van der Waals surface area contributed by atoms with Crippen molar-refractivity contribution in [2.75, 3.05) is 31.9 Å². The predicted molar refractivity (Wildman–Crippen MR) is 78.4 cm³/mol. The van der Waals surface area contributed by atoms with E-state index >= 15 is 0 Å². The minimum atomic E-state index is -0.281. The molecule has 0 aliphatic heterocycles. The van der Waals surface area contributed by atoms with Gasteiger partial charge in [-0.25, -0.2) is 4.98 Å². The summed E-state index contributed by atoms with van der Waals surface area (Å²) in [5, 5.41) is 3.12. The second-order valence-electron chi connectivity index (χ2n) is 4.20. The summed E-state index contributed by atoms with van der Waals surface area (Å²) in [6.45, 7) is 7.85. The van der Waals surface area contributed by atoms with E-state index in [-0.39, 0.29) is 17.4 Å². The number of nitrogens with zero attached hydrogens (tertiary/aromatic N) is 2. The average molecular weight is 285 g/mol. The summed E-state index contributed by atoms with van der Waals surface area (Å²) < 4.78 is 0. The number of hydrogen-bond donors (Lipinski definition) is 2. The summed E-state index contributed by atoms with van der Waals surface area (Å²) in [6.07, 6.45) is 0.896. The van der Waals surface area contributed by atoms with Crippen molar-refractivity contribution in [2.45, 2.75) is 20.3 Å². The first-order valence-electron chi connectivity index (χ1n) is 6.51. The average Bonchev–Trinajstić information content (AvgIpc) is 2.41. The number of anilines is 1. The van der Waals surface area contributed by atoms with Gasteiger partial charge < -0.3 is 16.0 Å². The van der Waals surface area contributed by atoms with Crippen molar-refractivity contribution in [3.8, 4) is 0 Å². The van der Waals surface area contributed by atoms with Crippen molar-refractivity contribution in [3.05, 3.63) is 22.8 Å². The minimum absolute atomic E-state index is 0.185. The molecule has 0 unspecified atom stereocenters. The van der Waals surface area contributed by atoms with Gasteiger partial charge in [0, 0.05) is 6.54 Å². The van der Waals surface area contributed by atoms with E-state index in [2.05, 4.69) is 29.0 Å². The molecule has 0 saturated heterocycles. The number of nitrogens with one attached hydrogen (secondary N) is 1. The second-order valence-corrected chi connectivity index (χ2v) is 4.61. The molecule has 1 rings (SSSR count). The number of halogens is 1. The molecule has 1 heterocycles. The maximum absolute atomic E-state index is 11.9. The van der Waals surface area contributed by atoms with Crippen LogP contribution in [0.2, 0.25) is 5.02 Å². The first-order valence-corrected chi connectivity index (χ1v) is 6.88. The molecule has 3 N–H and O–H groups in total. The first kappa shape index (κ1) is 15.7. The van der Waals surface area contributed by atoms with Gasteiger partial charge in [0.2, 0.25) is 0 Å². The third-order valence-electron chi connectivity index (χ3n) is 2.91. The lowest BCUT2D eigenvalue weighted by molar-refractivity contribution is 0.0947. The zero-order valence-electron chi connectivity index (χ0n) is 11.4. The zero-order chi connectivity index (χ0) is 14.3. The van der Waals surface area contributed by atoms with Crippen LogP contribution in [0, 0.1) is 0 Å². The van der Waals surface area contributed by atoms with Gasteiger partial charge >= 0.3 is 0 Å². The molecule has 0 atom stereocenters. The van der Waals surface area contributed by atoms with Crippen molar-refractivity contribution < 1.29 is 4.79 Å². The van der Waals surface area contributed by atoms with Crippen molar-refractivity contribution >= 4 is 23.3 Å². The molecule has 0 spiro atoms. The van der Waals surface area contributed by atoms with Gasteiger partial charge in [0.05, 0.1) is 5.02 Å². The van der Waals surface area contributed by atoms with Crippen LogP contribution in [0.4, 0.5) is 5.82 Å². The molecule has 1 amide bonds. The maximum atomic E-state index is 11.9. The van der Waals surface area contributed by atoms with Gasteiger partial charge in [0.25, 0.3) is 5.91 Å². The molecular formula is C13H21ClN4O. The van der Waals surface area contributed by atoms with Crippen LogP contribution < -0.4 is 11.1 Å². The number of amides is 1. The molecule has 0 bridgehead atoms. The van der Waals surface area contributed by atoms with E-state index in [0.29, 0.717) is 11.6 Å². The van der Waals surface area contributed by atoms with Gasteiger partial charge in [-0.15, -0.1) is 0 Å². The lowest BCUT2D eigenvalue weighted by atomic mass is 10.3. The number of pyridine rings is 1. The lowest BCUT2D eigenvalue weighted by Gasteiger charge is -2.17. The third kappa shape index (κ3) is 5.04. The summed E-state index contributed by atoms with van der Waals surface area (Å²) in [7, 11) is 0. The van der Waals surface area contributed by atoms with Crippen molar-refractivity contribution in [2.24, 2.45) is 0 Å². The Morgan fingerprint density at radius 3 is 2.74 bits per heavy atom. The topological polar surface area (TPSA) is 71.2 Å². The number of nitrogen functional groups attached to an aromatic ring is 1. The van der Waals surface area contributed by atoms with Gasteiger partial charge in [-0.3, -0.25) is 4.79 Å². The molecule has 0 aromatic carbocycles. The third-order valence-corrected chi connectivity index (χ3v) is 3.22. The van der Waals surface area contributed by atoms with Crippen LogP contribution in [0.5, 0.6) is 0 Å². The Kier molecular flexibility index (Phi) is 6.59. The number of rotatable bonds is 7. The largest absolute Gasteiger partial charge is 0.384 e. The molecule has 106 valence electrons. The van der Waals surface area contributed by atoms with E-state index in [1.807, 2.05) is 0 Å². The van der Waals surface area contributed by atoms with Crippen LogP contribution >= 0.6 is 11.6 Å². The van der Waals surface area contributed by atoms with E-state index in [1.165, 1.54) is 0 Å². The van der Waals surface area contributed by atoms with Crippen molar-refractivity contribution in [1.82, 2.24) is 15.2 Å². The highest BCUT2D eigenvalue weighted by atomic mass is 35.5. The number of carbonyl (C=O) groups is 1. The number of hydrogen-bond acceptors (Lipinski definition) is 4. The van der Waals surface area contributed by atoms with Crippen LogP contribution in [0.25, 0.3) is 0 Å². The molecule has 6 heteroatoms. The van der Waals surface area contributed by atoms with Crippen LogP contribution in [0.1, 0.15) is 30.8 Å². The second kappa shape index (κ2) is 7.96. The Labute approximate surface area is 119 Å². The Morgan fingerprint density at radius 2 is 2.11 bits per heavy atom. The normalized spacial score (nSPS) is 10.7. The highest BCUT2D eigenvalue weighted by molar-refractivity contribution is 6.33. The van der Waals surface area contributed by atoms with Gasteiger partial charge in [0.1, 0.15) is 11.5 Å². The molecule has 0 aliphatic rings. The van der Waals surface area contributed by atoms with Crippen LogP contribution in [-0.4, -0.2) is 42.0 Å². The summed E-state index contributed by atoms with van der Waals surface area (Å²) in [5.41, 5.74) is 5.72. The Hall–Kier alpha value is -1.33. The van der Waals surface area contributed by atoms with Crippen LogP contribution in [0.3, 0.4) is 0 Å². The SMILES string of the molecule is CCN(CC)CCCNC(=O)c1nc(N)ccc1Cl. The summed E-state index contributed by atoms with van der Waals surface area (Å²) in [6, 6.07) is 3.15. The smallest absolute Gasteiger partial charge is 0.271 e. The predicted octanol–water partition coefficient (Wildman–Crippen LogP) is 1.78. The van der Waals surface area contributed by atoms with E-state index in [4.69, 9.17) is 17.3 Å². The molecule has 19 heavy (non-hydrogen) atoms. The highest BCUT2D eigenvalue weighted by Gasteiger charge is 2.12. The molecular weight excluding hydrogens is 264 g/mol. The zero-order valence-corrected chi connectivity index (χ0v) is 12.2. The minimum Gasteiger partial charge on any atom is -0.384 e. The van der Waals surface area contributed by atoms with E-state index in [9.17, 15) is 4.79 Å². The fourth-order valence-electron chi connectivity index (χ4n) is 1.74. The van der Waals surface area contributed by atoms with Crippen LogP contribution in [-0.2, 0) is 0 Å². The number of carbonyl (C=O) groups excluding carboxylic acids is 1. The highest BCUT2D eigenvalue weighted by Crippen LogP contribution is 2.14. The molecule has 0 fully saturated rings. The first-order chi connectivity index (χ1) is 9.08.